The Morgan fingerprint density at radius 3 is 2.48 bits per heavy atom. The van der Waals surface area contributed by atoms with E-state index in [0.717, 1.165) is 38.8 Å². The second-order valence-corrected chi connectivity index (χ2v) is 6.92. The summed E-state index contributed by atoms with van der Waals surface area (Å²) in [6.45, 7) is 1.83. The molecule has 0 bridgehead atoms. The van der Waals surface area contributed by atoms with Gasteiger partial charge in [0.2, 0.25) is 5.91 Å². The van der Waals surface area contributed by atoms with Crippen molar-refractivity contribution in [1.29, 1.82) is 0 Å². The largest absolute Gasteiger partial charge is 0.393 e. The number of hydrogen-bond acceptors (Lipinski definition) is 2. The van der Waals surface area contributed by atoms with Crippen molar-refractivity contribution in [2.75, 3.05) is 13.1 Å². The normalized spacial score (nSPS) is 35.5. The van der Waals surface area contributed by atoms with Crippen LogP contribution in [0.25, 0.3) is 0 Å². The quantitative estimate of drug-likeness (QED) is 0.823. The molecular weight excluding hydrogens is 281 g/mol. The van der Waals surface area contributed by atoms with E-state index in [4.69, 9.17) is 0 Å². The molecule has 3 rings (SSSR count). The fourth-order valence-electron chi connectivity index (χ4n) is 4.17. The monoisotopic (exact) mass is 304 g/mol. The number of alkyl halides is 3. The standard InChI is InChI=1S/C15H23F3N2O/c16-15(17,18)10-3-1-2-4-12(10)20-13(21)11-9-14(11)5-7-19-8-6-14/h10-12,19H,1-9H2,(H,20,21). The van der Waals surface area contributed by atoms with E-state index in [2.05, 4.69) is 10.6 Å². The Bertz CT molecular complexity index is 404. The van der Waals surface area contributed by atoms with Crippen molar-refractivity contribution in [2.45, 2.75) is 57.2 Å². The smallest absolute Gasteiger partial charge is 0.352 e. The minimum absolute atomic E-state index is 0.0598. The topological polar surface area (TPSA) is 41.1 Å². The molecule has 1 aliphatic heterocycles. The number of amides is 1. The van der Waals surface area contributed by atoms with Gasteiger partial charge in [-0.3, -0.25) is 4.79 Å². The molecule has 1 spiro atoms. The zero-order chi connectivity index (χ0) is 15.1. The number of halogens is 3. The molecule has 120 valence electrons. The lowest BCUT2D eigenvalue weighted by molar-refractivity contribution is -0.189. The number of carbonyl (C=O) groups excluding carboxylic acids is 1. The highest BCUT2D eigenvalue weighted by Gasteiger charge is 2.58. The molecule has 1 heterocycles. The van der Waals surface area contributed by atoms with Crippen LogP contribution in [-0.2, 0) is 4.79 Å². The fraction of sp³-hybridized carbons (Fsp3) is 0.933. The average molecular weight is 304 g/mol. The second kappa shape index (κ2) is 5.45. The number of rotatable bonds is 2. The van der Waals surface area contributed by atoms with Gasteiger partial charge in [0, 0.05) is 12.0 Å². The third kappa shape index (κ3) is 3.05. The average Bonchev–Trinajstić information content (AvgIpc) is 3.12. The Balaban J connectivity index is 1.59. The number of nitrogens with one attached hydrogen (secondary N) is 2. The lowest BCUT2D eigenvalue weighted by Gasteiger charge is -2.34. The molecule has 2 N–H and O–H groups in total. The molecule has 1 amide bonds. The van der Waals surface area contributed by atoms with Gasteiger partial charge in [-0.1, -0.05) is 12.8 Å². The Hall–Kier alpha value is -0.780. The van der Waals surface area contributed by atoms with Crippen molar-refractivity contribution in [3.63, 3.8) is 0 Å². The van der Waals surface area contributed by atoms with Gasteiger partial charge in [-0.15, -0.1) is 0 Å². The van der Waals surface area contributed by atoms with Crippen molar-refractivity contribution < 1.29 is 18.0 Å². The van der Waals surface area contributed by atoms with Gasteiger partial charge >= 0.3 is 6.18 Å². The Labute approximate surface area is 123 Å². The maximum Gasteiger partial charge on any atom is 0.393 e. The number of hydrogen-bond donors (Lipinski definition) is 2. The number of carbonyl (C=O) groups is 1. The summed E-state index contributed by atoms with van der Waals surface area (Å²) in [7, 11) is 0. The summed E-state index contributed by atoms with van der Waals surface area (Å²) in [4.78, 5) is 12.3. The zero-order valence-corrected chi connectivity index (χ0v) is 12.1. The van der Waals surface area contributed by atoms with Crippen molar-refractivity contribution >= 4 is 5.91 Å². The molecule has 1 saturated heterocycles. The number of piperidine rings is 1. The SMILES string of the molecule is O=C(NC1CCCCC1C(F)(F)F)C1CC12CCNCC2. The predicted molar refractivity (Wildman–Crippen MR) is 72.6 cm³/mol. The first-order valence-corrected chi connectivity index (χ1v) is 8.00. The third-order valence-electron chi connectivity index (χ3n) is 5.62. The molecule has 0 aromatic rings. The summed E-state index contributed by atoms with van der Waals surface area (Å²) < 4.78 is 39.1. The van der Waals surface area contributed by atoms with Crippen LogP contribution in [0.2, 0.25) is 0 Å². The lowest BCUT2D eigenvalue weighted by Crippen LogP contribution is -2.48. The summed E-state index contributed by atoms with van der Waals surface area (Å²) in [6.07, 6.45) is 0.577. The first-order valence-electron chi connectivity index (χ1n) is 8.00. The van der Waals surface area contributed by atoms with E-state index in [9.17, 15) is 18.0 Å². The molecule has 6 heteroatoms. The van der Waals surface area contributed by atoms with Gasteiger partial charge in [-0.25, -0.2) is 0 Å². The second-order valence-electron chi connectivity index (χ2n) is 6.92. The first kappa shape index (κ1) is 15.1. The predicted octanol–water partition coefficient (Wildman–Crippen LogP) is 2.61. The van der Waals surface area contributed by atoms with Crippen LogP contribution in [0.5, 0.6) is 0 Å². The highest BCUT2D eigenvalue weighted by atomic mass is 19.4. The molecular formula is C15H23F3N2O. The van der Waals surface area contributed by atoms with Crippen molar-refractivity contribution in [2.24, 2.45) is 17.3 Å². The van der Waals surface area contributed by atoms with E-state index in [1.54, 1.807) is 0 Å². The maximum absolute atomic E-state index is 13.0. The molecule has 2 saturated carbocycles. The van der Waals surface area contributed by atoms with Crippen LogP contribution in [0.15, 0.2) is 0 Å². The van der Waals surface area contributed by atoms with Crippen LogP contribution in [-0.4, -0.2) is 31.2 Å². The van der Waals surface area contributed by atoms with Gasteiger partial charge < -0.3 is 10.6 Å². The van der Waals surface area contributed by atoms with Crippen molar-refractivity contribution in [3.8, 4) is 0 Å². The Kier molecular flexibility index (Phi) is 3.93. The first-order chi connectivity index (χ1) is 9.92. The maximum atomic E-state index is 13.0. The summed E-state index contributed by atoms with van der Waals surface area (Å²) in [5.41, 5.74) is 0.0811. The van der Waals surface area contributed by atoms with Crippen LogP contribution < -0.4 is 10.6 Å². The van der Waals surface area contributed by atoms with E-state index in [-0.39, 0.29) is 23.7 Å². The molecule has 0 aromatic carbocycles. The molecule has 21 heavy (non-hydrogen) atoms. The van der Waals surface area contributed by atoms with Gasteiger partial charge in [-0.05, 0) is 50.6 Å². The lowest BCUT2D eigenvalue weighted by atomic mass is 9.83. The van der Waals surface area contributed by atoms with Gasteiger partial charge in [-0.2, -0.15) is 13.2 Å². The minimum Gasteiger partial charge on any atom is -0.352 e. The van der Waals surface area contributed by atoms with E-state index < -0.39 is 18.1 Å². The molecule has 0 radical (unpaired) electrons. The van der Waals surface area contributed by atoms with Crippen molar-refractivity contribution in [1.82, 2.24) is 10.6 Å². The van der Waals surface area contributed by atoms with Crippen LogP contribution in [0.4, 0.5) is 13.2 Å². The van der Waals surface area contributed by atoms with Gasteiger partial charge in [0.15, 0.2) is 0 Å². The van der Waals surface area contributed by atoms with Gasteiger partial charge in [0.05, 0.1) is 5.92 Å². The van der Waals surface area contributed by atoms with E-state index >= 15 is 0 Å². The highest BCUT2D eigenvalue weighted by Crippen LogP contribution is 2.58. The molecule has 0 aromatic heterocycles. The molecule has 3 unspecified atom stereocenters. The molecule has 3 nitrogen and oxygen atoms in total. The summed E-state index contributed by atoms with van der Waals surface area (Å²) in [6, 6.07) is -0.717. The summed E-state index contributed by atoms with van der Waals surface area (Å²) >= 11 is 0. The fourth-order valence-corrected chi connectivity index (χ4v) is 4.17. The Morgan fingerprint density at radius 1 is 1.14 bits per heavy atom. The third-order valence-corrected chi connectivity index (χ3v) is 5.62. The molecule has 3 aliphatic rings. The van der Waals surface area contributed by atoms with E-state index in [1.807, 2.05) is 0 Å². The minimum atomic E-state index is -4.20. The summed E-state index contributed by atoms with van der Waals surface area (Å²) in [5.74, 6) is -1.56. The van der Waals surface area contributed by atoms with Gasteiger partial charge in [0.25, 0.3) is 0 Å². The molecule has 3 atom stereocenters. The zero-order valence-electron chi connectivity index (χ0n) is 12.1. The Morgan fingerprint density at radius 2 is 1.81 bits per heavy atom. The highest BCUT2D eigenvalue weighted by molar-refractivity contribution is 5.83. The van der Waals surface area contributed by atoms with Gasteiger partial charge in [0.1, 0.15) is 0 Å². The molecule has 3 fully saturated rings. The van der Waals surface area contributed by atoms with Crippen LogP contribution in [0, 0.1) is 17.3 Å². The summed E-state index contributed by atoms with van der Waals surface area (Å²) in [5, 5.41) is 6.00. The van der Waals surface area contributed by atoms with Crippen molar-refractivity contribution in [3.05, 3.63) is 0 Å². The molecule has 2 aliphatic carbocycles. The van der Waals surface area contributed by atoms with E-state index in [1.165, 1.54) is 0 Å². The van der Waals surface area contributed by atoms with Crippen LogP contribution in [0.3, 0.4) is 0 Å². The van der Waals surface area contributed by atoms with Crippen LogP contribution >= 0.6 is 0 Å². The van der Waals surface area contributed by atoms with E-state index in [0.29, 0.717) is 12.8 Å². The van der Waals surface area contributed by atoms with Crippen LogP contribution in [0.1, 0.15) is 44.9 Å².